The van der Waals surface area contributed by atoms with Gasteiger partial charge in [-0.3, -0.25) is 0 Å². The number of carbonyl (C=O) groups excluding carboxylic acids is 1. The van der Waals surface area contributed by atoms with Crippen LogP contribution in [0.15, 0.2) is 6.07 Å². The molecule has 0 spiro atoms. The number of fused-ring (bicyclic) bond motifs is 1. The largest absolute Gasteiger partial charge is 0.461 e. The molecule has 0 radical (unpaired) electrons. The Balaban J connectivity index is 2.36. The number of hydrogen-bond acceptors (Lipinski definition) is 4. The van der Waals surface area contributed by atoms with Crippen molar-refractivity contribution in [1.82, 2.24) is 9.78 Å². The first-order valence-electron chi connectivity index (χ1n) is 5.92. The molecule has 0 aromatic carbocycles. The monoisotopic (exact) mass is 277 g/mol. The van der Waals surface area contributed by atoms with E-state index in [0.29, 0.717) is 0 Å². The number of alkyl halides is 3. The van der Waals surface area contributed by atoms with E-state index in [9.17, 15) is 18.0 Å². The minimum atomic E-state index is -4.40. The quantitative estimate of drug-likeness (QED) is 0.843. The van der Waals surface area contributed by atoms with Gasteiger partial charge in [-0.2, -0.15) is 18.3 Å². The SMILES string of the molecule is CCOC(=O)c1cc2n(n1)[C@@H](C(F)(F)F)C[C@H](C)N2. The molecule has 106 valence electrons. The Morgan fingerprint density at radius 2 is 2.32 bits per heavy atom. The number of halogens is 3. The molecule has 1 aromatic heterocycles. The fourth-order valence-corrected chi connectivity index (χ4v) is 2.06. The van der Waals surface area contributed by atoms with Crippen molar-refractivity contribution in [1.29, 1.82) is 0 Å². The Morgan fingerprint density at radius 3 is 2.89 bits per heavy atom. The van der Waals surface area contributed by atoms with Crippen LogP contribution in [0.25, 0.3) is 0 Å². The van der Waals surface area contributed by atoms with E-state index in [2.05, 4.69) is 10.4 Å². The molecule has 0 amide bonds. The predicted molar refractivity (Wildman–Crippen MR) is 61.0 cm³/mol. The van der Waals surface area contributed by atoms with Crippen molar-refractivity contribution in [3.63, 3.8) is 0 Å². The second kappa shape index (κ2) is 4.75. The normalized spacial score (nSPS) is 22.6. The van der Waals surface area contributed by atoms with Crippen LogP contribution < -0.4 is 5.32 Å². The van der Waals surface area contributed by atoms with Gasteiger partial charge in [-0.15, -0.1) is 0 Å². The first kappa shape index (κ1) is 13.7. The van der Waals surface area contributed by atoms with Gasteiger partial charge < -0.3 is 10.1 Å². The number of hydrogen-bond donors (Lipinski definition) is 1. The van der Waals surface area contributed by atoms with Crippen LogP contribution in [0.4, 0.5) is 19.0 Å². The number of esters is 1. The van der Waals surface area contributed by atoms with Crippen LogP contribution in [0.5, 0.6) is 0 Å². The van der Waals surface area contributed by atoms with Gasteiger partial charge in [0.1, 0.15) is 5.82 Å². The molecule has 0 aliphatic carbocycles. The second-order valence-corrected chi connectivity index (χ2v) is 4.42. The van der Waals surface area contributed by atoms with E-state index in [1.807, 2.05) is 0 Å². The summed E-state index contributed by atoms with van der Waals surface area (Å²) in [5.74, 6) is -0.538. The Kier molecular flexibility index (Phi) is 3.42. The van der Waals surface area contributed by atoms with Crippen LogP contribution in [0.1, 0.15) is 36.8 Å². The standard InChI is InChI=1S/C11H14F3N3O2/c1-3-19-10(18)7-5-9-15-6(2)4-8(11(12,13)14)17(9)16-7/h5-6,8,15H,3-4H2,1-2H3/t6-,8+/m0/s1. The molecule has 2 atom stereocenters. The molecule has 0 bridgehead atoms. The van der Waals surface area contributed by atoms with Crippen molar-refractivity contribution < 1.29 is 22.7 Å². The van der Waals surface area contributed by atoms with Gasteiger partial charge in [0.05, 0.1) is 6.61 Å². The van der Waals surface area contributed by atoms with E-state index in [0.717, 1.165) is 4.68 Å². The lowest BCUT2D eigenvalue weighted by molar-refractivity contribution is -0.173. The first-order valence-corrected chi connectivity index (χ1v) is 5.92. The summed E-state index contributed by atoms with van der Waals surface area (Å²) >= 11 is 0. The third-order valence-corrected chi connectivity index (χ3v) is 2.86. The van der Waals surface area contributed by atoms with Crippen molar-refractivity contribution in [3.8, 4) is 0 Å². The van der Waals surface area contributed by atoms with Gasteiger partial charge in [0.15, 0.2) is 11.7 Å². The van der Waals surface area contributed by atoms with Crippen LogP contribution in [-0.2, 0) is 4.74 Å². The number of nitrogens with one attached hydrogen (secondary N) is 1. The summed E-state index contributed by atoms with van der Waals surface area (Å²) in [5.41, 5.74) is -0.118. The van der Waals surface area contributed by atoms with Crippen molar-refractivity contribution in [2.75, 3.05) is 11.9 Å². The highest BCUT2D eigenvalue weighted by atomic mass is 19.4. The molecule has 0 saturated carbocycles. The van der Waals surface area contributed by atoms with Gasteiger partial charge >= 0.3 is 12.1 Å². The molecule has 1 aliphatic heterocycles. The lowest BCUT2D eigenvalue weighted by Gasteiger charge is -2.31. The maximum atomic E-state index is 12.9. The molecular weight excluding hydrogens is 263 g/mol. The van der Waals surface area contributed by atoms with Gasteiger partial charge in [-0.25, -0.2) is 9.48 Å². The predicted octanol–water partition coefficient (Wildman–Crippen LogP) is 2.37. The number of rotatable bonds is 2. The van der Waals surface area contributed by atoms with Crippen LogP contribution >= 0.6 is 0 Å². The molecule has 1 N–H and O–H groups in total. The second-order valence-electron chi connectivity index (χ2n) is 4.42. The summed E-state index contributed by atoms with van der Waals surface area (Å²) in [4.78, 5) is 11.5. The van der Waals surface area contributed by atoms with E-state index in [-0.39, 0.29) is 30.6 Å². The average molecular weight is 277 g/mol. The zero-order valence-corrected chi connectivity index (χ0v) is 10.5. The van der Waals surface area contributed by atoms with Crippen molar-refractivity contribution in [2.24, 2.45) is 0 Å². The maximum absolute atomic E-state index is 12.9. The smallest absolute Gasteiger partial charge is 0.410 e. The summed E-state index contributed by atoms with van der Waals surface area (Å²) in [5, 5.41) is 6.58. The molecule has 19 heavy (non-hydrogen) atoms. The number of ether oxygens (including phenoxy) is 1. The lowest BCUT2D eigenvalue weighted by atomic mass is 10.1. The highest BCUT2D eigenvalue weighted by molar-refractivity contribution is 5.88. The van der Waals surface area contributed by atoms with Gasteiger partial charge in [0.2, 0.25) is 0 Å². The topological polar surface area (TPSA) is 56.2 Å². The fraction of sp³-hybridized carbons (Fsp3) is 0.636. The van der Waals surface area contributed by atoms with E-state index < -0.39 is 18.2 Å². The molecule has 8 heteroatoms. The minimum Gasteiger partial charge on any atom is -0.461 e. The number of aromatic nitrogens is 2. The Hall–Kier alpha value is -1.73. The Bertz CT molecular complexity index is 484. The van der Waals surface area contributed by atoms with Crippen LogP contribution in [-0.4, -0.2) is 34.6 Å². The molecule has 1 aromatic rings. The molecule has 0 unspecified atom stereocenters. The maximum Gasteiger partial charge on any atom is 0.410 e. The van der Waals surface area contributed by atoms with Crippen molar-refractivity contribution >= 4 is 11.8 Å². The van der Waals surface area contributed by atoms with E-state index in [1.54, 1.807) is 13.8 Å². The molecule has 2 heterocycles. The van der Waals surface area contributed by atoms with Gasteiger partial charge in [-0.1, -0.05) is 0 Å². The van der Waals surface area contributed by atoms with Crippen LogP contribution in [0.3, 0.4) is 0 Å². The summed E-state index contributed by atoms with van der Waals surface area (Å²) in [6.45, 7) is 3.42. The first-order chi connectivity index (χ1) is 8.82. The molecule has 2 rings (SSSR count). The van der Waals surface area contributed by atoms with Gasteiger partial charge in [0.25, 0.3) is 0 Å². The zero-order valence-electron chi connectivity index (χ0n) is 10.5. The molecule has 1 aliphatic rings. The Morgan fingerprint density at radius 1 is 1.63 bits per heavy atom. The lowest BCUT2D eigenvalue weighted by Crippen LogP contribution is -2.37. The van der Waals surface area contributed by atoms with E-state index >= 15 is 0 Å². The summed E-state index contributed by atoms with van der Waals surface area (Å²) in [7, 11) is 0. The highest BCUT2D eigenvalue weighted by Crippen LogP contribution is 2.39. The van der Waals surface area contributed by atoms with Crippen molar-refractivity contribution in [3.05, 3.63) is 11.8 Å². The van der Waals surface area contributed by atoms with E-state index in [4.69, 9.17) is 4.74 Å². The van der Waals surface area contributed by atoms with E-state index in [1.165, 1.54) is 6.07 Å². The van der Waals surface area contributed by atoms with Crippen molar-refractivity contribution in [2.45, 2.75) is 38.5 Å². The molecule has 0 fully saturated rings. The fourth-order valence-electron chi connectivity index (χ4n) is 2.06. The number of anilines is 1. The summed E-state index contributed by atoms with van der Waals surface area (Å²) < 4.78 is 44.4. The molecule has 5 nitrogen and oxygen atoms in total. The van der Waals surface area contributed by atoms with Gasteiger partial charge in [-0.05, 0) is 20.3 Å². The van der Waals surface area contributed by atoms with Crippen LogP contribution in [0.2, 0.25) is 0 Å². The van der Waals surface area contributed by atoms with Gasteiger partial charge in [0, 0.05) is 12.1 Å². The average Bonchev–Trinajstić information content (AvgIpc) is 2.70. The summed E-state index contributed by atoms with van der Waals surface area (Å²) in [6.07, 6.45) is -4.52. The summed E-state index contributed by atoms with van der Waals surface area (Å²) in [6, 6.07) is -0.778. The Labute approximate surface area is 107 Å². The third-order valence-electron chi connectivity index (χ3n) is 2.86. The molecule has 0 saturated heterocycles. The number of nitrogens with zero attached hydrogens (tertiary/aromatic N) is 2. The van der Waals surface area contributed by atoms with Crippen LogP contribution in [0, 0.1) is 0 Å². The number of carbonyl (C=O) groups is 1. The third kappa shape index (κ3) is 2.66. The minimum absolute atomic E-state index is 0.118. The highest BCUT2D eigenvalue weighted by Gasteiger charge is 2.45. The zero-order chi connectivity index (χ0) is 14.2. The molecular formula is C11H14F3N3O2.